The van der Waals surface area contributed by atoms with E-state index in [1.807, 2.05) is 47.1 Å². The van der Waals surface area contributed by atoms with Crippen molar-refractivity contribution in [3.63, 3.8) is 0 Å². The van der Waals surface area contributed by atoms with E-state index in [0.717, 1.165) is 22.2 Å². The van der Waals surface area contributed by atoms with Crippen LogP contribution in [0.15, 0.2) is 41.1 Å². The molecule has 1 unspecified atom stereocenters. The lowest BCUT2D eigenvalue weighted by atomic mass is 10.1. The van der Waals surface area contributed by atoms with Crippen LogP contribution in [0.5, 0.6) is 0 Å². The second-order valence-electron chi connectivity index (χ2n) is 8.46. The van der Waals surface area contributed by atoms with Crippen LogP contribution in [0.2, 0.25) is 0 Å². The molecule has 2 aromatic heterocycles. The number of anilines is 1. The Morgan fingerprint density at radius 3 is 2.40 bits per heavy atom. The zero-order valence-corrected chi connectivity index (χ0v) is 22.6. The number of H-pyrrole nitrogens is 1. The molecule has 1 fully saturated rings. The number of hydrogen-bond acceptors (Lipinski definition) is 4. The Balaban J connectivity index is 0.00000108. The van der Waals surface area contributed by atoms with Gasteiger partial charge in [-0.15, -0.1) is 11.3 Å². The molecule has 0 aliphatic carbocycles. The van der Waals surface area contributed by atoms with Gasteiger partial charge in [-0.2, -0.15) is 0 Å². The van der Waals surface area contributed by atoms with E-state index in [0.29, 0.717) is 43.0 Å². The molecule has 0 saturated carbocycles. The number of carbonyl (C=O) groups excluding carboxylic acids is 2. The highest BCUT2D eigenvalue weighted by atomic mass is 32.2. The lowest BCUT2D eigenvalue weighted by Crippen LogP contribution is -2.48. The Morgan fingerprint density at radius 2 is 1.83 bits per heavy atom. The number of nitrogens with one attached hydrogen (secondary N) is 2. The van der Waals surface area contributed by atoms with Crippen LogP contribution in [-0.2, 0) is 15.8 Å². The molecule has 2 amide bonds. The Labute approximate surface area is 213 Å². The minimum atomic E-state index is -1.01. The summed E-state index contributed by atoms with van der Waals surface area (Å²) in [6.07, 6.45) is 4.70. The molecule has 1 aliphatic heterocycles. The lowest BCUT2D eigenvalue weighted by Gasteiger charge is -2.33. The van der Waals surface area contributed by atoms with Gasteiger partial charge in [0.05, 0.1) is 27.9 Å². The number of rotatable bonds is 5. The molecule has 188 valence electrons. The van der Waals surface area contributed by atoms with E-state index < -0.39 is 11.0 Å². The van der Waals surface area contributed by atoms with Crippen molar-refractivity contribution in [2.45, 2.75) is 34.1 Å². The first-order chi connectivity index (χ1) is 16.8. The van der Waals surface area contributed by atoms with Crippen molar-refractivity contribution < 1.29 is 13.8 Å². The third-order valence-electron chi connectivity index (χ3n) is 5.68. The van der Waals surface area contributed by atoms with Gasteiger partial charge in [-0.1, -0.05) is 26.3 Å². The Kier molecular flexibility index (Phi) is 9.42. The average molecular weight is 515 g/mol. The maximum absolute atomic E-state index is 13.0. The molecule has 2 N–H and O–H groups in total. The number of fused-ring (bicyclic) bond motifs is 1. The number of nitrogens with zero attached hydrogens (tertiary/aromatic N) is 2. The largest absolute Gasteiger partial charge is 0.354 e. The Bertz CT molecular complexity index is 1240. The molecule has 1 aromatic carbocycles. The van der Waals surface area contributed by atoms with Crippen molar-refractivity contribution in [3.8, 4) is 0 Å². The molecule has 3 aromatic rings. The number of aromatic amines is 1. The average Bonchev–Trinajstić information content (AvgIpc) is 3.44. The molecule has 9 heteroatoms. The van der Waals surface area contributed by atoms with Crippen LogP contribution in [0.4, 0.5) is 5.69 Å². The number of aromatic nitrogens is 1. The van der Waals surface area contributed by atoms with E-state index >= 15 is 0 Å². The molecular weight excluding hydrogens is 480 g/mol. The quantitative estimate of drug-likeness (QED) is 0.468. The van der Waals surface area contributed by atoms with Crippen molar-refractivity contribution in [3.05, 3.63) is 57.9 Å². The number of piperazine rings is 1. The van der Waals surface area contributed by atoms with Crippen LogP contribution in [0.25, 0.3) is 16.5 Å². The molecule has 1 saturated heterocycles. The topological polar surface area (TPSA) is 85.5 Å². The summed E-state index contributed by atoms with van der Waals surface area (Å²) in [4.78, 5) is 30.9. The van der Waals surface area contributed by atoms with Gasteiger partial charge in [-0.05, 0) is 49.1 Å². The highest BCUT2D eigenvalue weighted by Crippen LogP contribution is 2.26. The van der Waals surface area contributed by atoms with Gasteiger partial charge in [-0.3, -0.25) is 9.59 Å². The Hall–Kier alpha value is -2.75. The number of benzene rings is 1. The number of carbonyl (C=O) groups is 2. The summed E-state index contributed by atoms with van der Waals surface area (Å²) in [6, 6.07) is 7.44. The predicted molar refractivity (Wildman–Crippen MR) is 147 cm³/mol. The molecule has 4 rings (SSSR count). The Morgan fingerprint density at radius 1 is 1.14 bits per heavy atom. The molecule has 0 radical (unpaired) electrons. The molecule has 7 nitrogen and oxygen atoms in total. The fraction of sp³-hybridized carbons (Fsp3) is 0.385. The number of hydrogen-bond donors (Lipinski definition) is 2. The zero-order chi connectivity index (χ0) is 25.5. The number of thiophene rings is 1. The summed E-state index contributed by atoms with van der Waals surface area (Å²) in [7, 11) is -1.01. The van der Waals surface area contributed by atoms with Gasteiger partial charge in [0.25, 0.3) is 11.8 Å². The van der Waals surface area contributed by atoms with Crippen molar-refractivity contribution in [1.29, 1.82) is 0 Å². The molecule has 35 heavy (non-hydrogen) atoms. The normalized spacial score (nSPS) is 15.5. The molecule has 1 atom stereocenters. The molecule has 0 spiro atoms. The molecule has 1 aliphatic rings. The van der Waals surface area contributed by atoms with Crippen LogP contribution < -0.4 is 5.32 Å². The standard InChI is InChI=1S/C23H26N4O3S2.C3H8/c1-4-18(22(28)25-21-14-31-13-15(21)2)20-12-17-11-16(5-6-19(17)24-20)23(29)26-7-9-27(10-8-26)32(3)30;1-3-2/h4-6,11-14,24H,7-10H2,1-3H3,(H,25,28);3H2,1-2H3/b18-4+;. The van der Waals surface area contributed by atoms with E-state index in [4.69, 9.17) is 0 Å². The van der Waals surface area contributed by atoms with Crippen LogP contribution >= 0.6 is 11.3 Å². The van der Waals surface area contributed by atoms with Crippen molar-refractivity contribution >= 4 is 56.3 Å². The second-order valence-corrected chi connectivity index (χ2v) is 10.6. The molecule has 3 heterocycles. The highest BCUT2D eigenvalue weighted by molar-refractivity contribution is 7.81. The third kappa shape index (κ3) is 6.48. The number of amides is 2. The van der Waals surface area contributed by atoms with E-state index in [9.17, 15) is 13.8 Å². The van der Waals surface area contributed by atoms with Crippen LogP contribution in [0.1, 0.15) is 48.8 Å². The minimum absolute atomic E-state index is 0.0341. The fourth-order valence-electron chi connectivity index (χ4n) is 3.83. The monoisotopic (exact) mass is 514 g/mol. The SMILES string of the molecule is C/C=C(/C(=O)Nc1cscc1C)c1cc2cc(C(=O)N3CCN(S(C)=O)CC3)ccc2[nH]1.CCC. The maximum Gasteiger partial charge on any atom is 0.257 e. The van der Waals surface area contributed by atoms with Gasteiger partial charge in [0, 0.05) is 54.3 Å². The first-order valence-electron chi connectivity index (χ1n) is 11.8. The minimum Gasteiger partial charge on any atom is -0.354 e. The van der Waals surface area contributed by atoms with Crippen molar-refractivity contribution in [2.24, 2.45) is 0 Å². The van der Waals surface area contributed by atoms with E-state index in [1.54, 1.807) is 34.6 Å². The van der Waals surface area contributed by atoms with Crippen molar-refractivity contribution in [1.82, 2.24) is 14.2 Å². The first kappa shape index (κ1) is 26.8. The summed E-state index contributed by atoms with van der Waals surface area (Å²) in [5.41, 5.74) is 4.57. The van der Waals surface area contributed by atoms with E-state index in [-0.39, 0.29) is 11.8 Å². The van der Waals surface area contributed by atoms with Gasteiger partial charge in [0.2, 0.25) is 0 Å². The summed E-state index contributed by atoms with van der Waals surface area (Å²) >= 11 is 1.55. The highest BCUT2D eigenvalue weighted by Gasteiger charge is 2.24. The van der Waals surface area contributed by atoms with Crippen LogP contribution in [0, 0.1) is 6.92 Å². The first-order valence-corrected chi connectivity index (χ1v) is 14.3. The van der Waals surface area contributed by atoms with Crippen LogP contribution in [0.3, 0.4) is 0 Å². The fourth-order valence-corrected chi connectivity index (χ4v) is 5.29. The second kappa shape index (κ2) is 12.3. The summed E-state index contributed by atoms with van der Waals surface area (Å²) < 4.78 is 13.5. The van der Waals surface area contributed by atoms with Gasteiger partial charge < -0.3 is 15.2 Å². The zero-order valence-electron chi connectivity index (χ0n) is 21.0. The lowest BCUT2D eigenvalue weighted by molar-refractivity contribution is -0.111. The third-order valence-corrected chi connectivity index (χ3v) is 7.64. The van der Waals surface area contributed by atoms with Gasteiger partial charge in [0.15, 0.2) is 0 Å². The number of aryl methyl sites for hydroxylation is 1. The molecule has 0 bridgehead atoms. The maximum atomic E-state index is 13.0. The summed E-state index contributed by atoms with van der Waals surface area (Å²) in [5, 5.41) is 7.75. The van der Waals surface area contributed by atoms with Gasteiger partial charge in [-0.25, -0.2) is 8.51 Å². The van der Waals surface area contributed by atoms with E-state index in [2.05, 4.69) is 24.1 Å². The van der Waals surface area contributed by atoms with Crippen molar-refractivity contribution in [2.75, 3.05) is 37.8 Å². The smallest absolute Gasteiger partial charge is 0.257 e. The molecular formula is C26H34N4O3S2. The van der Waals surface area contributed by atoms with Crippen LogP contribution in [-0.4, -0.2) is 62.6 Å². The summed E-state index contributed by atoms with van der Waals surface area (Å²) in [5.74, 6) is -0.212. The van der Waals surface area contributed by atoms with E-state index in [1.165, 1.54) is 6.42 Å². The van der Waals surface area contributed by atoms with Gasteiger partial charge >= 0.3 is 0 Å². The predicted octanol–water partition coefficient (Wildman–Crippen LogP) is 5.05. The van der Waals surface area contributed by atoms with Gasteiger partial charge in [0.1, 0.15) is 0 Å². The number of allylic oxidation sites excluding steroid dienone is 1. The summed E-state index contributed by atoms with van der Waals surface area (Å²) in [6.45, 7) is 10.4.